The van der Waals surface area contributed by atoms with Gasteiger partial charge in [0.15, 0.2) is 0 Å². The molecule has 0 saturated carbocycles. The maximum absolute atomic E-state index is 12.8. The van der Waals surface area contributed by atoms with Crippen molar-refractivity contribution in [2.75, 3.05) is 0 Å². The number of carboxylic acid groups (broad SMARTS) is 1. The number of carbonyl (C=O) groups is 1. The van der Waals surface area contributed by atoms with Crippen LogP contribution < -0.4 is 4.74 Å². The summed E-state index contributed by atoms with van der Waals surface area (Å²) in [5, 5.41) is 8.80. The third-order valence-corrected chi connectivity index (χ3v) is 1.82. The van der Waals surface area contributed by atoms with Crippen LogP contribution in [0.1, 0.15) is 17.3 Å². The lowest BCUT2D eigenvalue weighted by molar-refractivity contribution is 0.0690. The molecule has 0 aliphatic heterocycles. The summed E-state index contributed by atoms with van der Waals surface area (Å²) in [5.41, 5.74) is -0.191. The molecule has 1 unspecified atom stereocenters. The van der Waals surface area contributed by atoms with Crippen LogP contribution >= 0.6 is 0 Å². The lowest BCUT2D eigenvalue weighted by Crippen LogP contribution is -2.11. The lowest BCUT2D eigenvalue weighted by Gasteiger charge is -2.12. The van der Waals surface area contributed by atoms with E-state index in [0.717, 1.165) is 12.1 Å². The smallest absolute Gasteiger partial charge is 0.339 e. The lowest BCUT2D eigenvalue weighted by atomic mass is 10.2. The zero-order chi connectivity index (χ0) is 11.4. The van der Waals surface area contributed by atoms with Crippen molar-refractivity contribution in [1.82, 2.24) is 0 Å². The summed E-state index contributed by atoms with van der Waals surface area (Å²) >= 11 is 0. The van der Waals surface area contributed by atoms with Gasteiger partial charge in [-0.2, -0.15) is 0 Å². The van der Waals surface area contributed by atoms with Gasteiger partial charge in [0.05, 0.1) is 0 Å². The van der Waals surface area contributed by atoms with E-state index in [4.69, 9.17) is 9.84 Å². The monoisotopic (exact) mass is 210 g/mol. The third kappa shape index (κ3) is 2.80. The second kappa shape index (κ2) is 4.59. The van der Waals surface area contributed by atoms with Crippen LogP contribution in [0.4, 0.5) is 4.39 Å². The summed E-state index contributed by atoms with van der Waals surface area (Å²) in [6.07, 6.45) is 1.20. The average Bonchev–Trinajstić information content (AvgIpc) is 2.20. The minimum Gasteiger partial charge on any atom is -0.486 e. The van der Waals surface area contributed by atoms with Crippen LogP contribution in [-0.4, -0.2) is 17.2 Å². The van der Waals surface area contributed by atoms with Gasteiger partial charge < -0.3 is 9.84 Å². The fraction of sp³-hybridized carbons (Fsp3) is 0.182. The molecule has 0 bridgehead atoms. The SMILES string of the molecule is C=CC(C)Oc1ccc(F)cc1C(=O)O. The number of hydrogen-bond acceptors (Lipinski definition) is 2. The van der Waals surface area contributed by atoms with Crippen molar-refractivity contribution in [3.05, 3.63) is 42.2 Å². The molecule has 0 aromatic heterocycles. The van der Waals surface area contributed by atoms with Crippen LogP contribution in [0.3, 0.4) is 0 Å². The normalized spacial score (nSPS) is 11.9. The van der Waals surface area contributed by atoms with Crippen LogP contribution in [0.5, 0.6) is 5.75 Å². The second-order valence-electron chi connectivity index (χ2n) is 3.00. The van der Waals surface area contributed by atoms with Crippen molar-refractivity contribution in [3.63, 3.8) is 0 Å². The largest absolute Gasteiger partial charge is 0.486 e. The fourth-order valence-corrected chi connectivity index (χ4v) is 1.02. The number of aromatic carboxylic acids is 1. The van der Waals surface area contributed by atoms with Gasteiger partial charge in [0.1, 0.15) is 23.2 Å². The molecule has 3 nitrogen and oxygen atoms in total. The van der Waals surface area contributed by atoms with Gasteiger partial charge in [-0.05, 0) is 25.1 Å². The molecule has 1 aromatic rings. The molecule has 4 heteroatoms. The van der Waals surface area contributed by atoms with Gasteiger partial charge in [-0.15, -0.1) is 0 Å². The molecule has 0 saturated heterocycles. The van der Waals surface area contributed by atoms with E-state index in [1.165, 1.54) is 12.1 Å². The van der Waals surface area contributed by atoms with Gasteiger partial charge in [-0.1, -0.05) is 12.7 Å². The summed E-state index contributed by atoms with van der Waals surface area (Å²) in [6.45, 7) is 5.21. The van der Waals surface area contributed by atoms with E-state index in [0.29, 0.717) is 0 Å². The van der Waals surface area contributed by atoms with Crippen LogP contribution in [0.15, 0.2) is 30.9 Å². The quantitative estimate of drug-likeness (QED) is 0.776. The fourth-order valence-electron chi connectivity index (χ4n) is 1.02. The van der Waals surface area contributed by atoms with E-state index in [1.54, 1.807) is 6.92 Å². The molecule has 0 fully saturated rings. The summed E-state index contributed by atoms with van der Waals surface area (Å²) in [4.78, 5) is 10.8. The summed E-state index contributed by atoms with van der Waals surface area (Å²) < 4.78 is 18.0. The zero-order valence-electron chi connectivity index (χ0n) is 8.24. The number of carboxylic acids is 1. The molecule has 1 N–H and O–H groups in total. The number of ether oxygens (including phenoxy) is 1. The maximum atomic E-state index is 12.8. The van der Waals surface area contributed by atoms with Crippen LogP contribution in [0.2, 0.25) is 0 Å². The molecule has 80 valence electrons. The van der Waals surface area contributed by atoms with Crippen molar-refractivity contribution < 1.29 is 19.0 Å². The standard InChI is InChI=1S/C11H11FO3/c1-3-7(2)15-10-5-4-8(12)6-9(10)11(13)14/h3-7H,1H2,2H3,(H,13,14). The highest BCUT2D eigenvalue weighted by molar-refractivity contribution is 5.90. The van der Waals surface area contributed by atoms with Gasteiger partial charge in [-0.3, -0.25) is 0 Å². The summed E-state index contributed by atoms with van der Waals surface area (Å²) in [5.74, 6) is -1.69. The first-order valence-corrected chi connectivity index (χ1v) is 4.36. The molecular weight excluding hydrogens is 199 g/mol. The van der Waals surface area contributed by atoms with E-state index in [1.807, 2.05) is 0 Å². The van der Waals surface area contributed by atoms with Gasteiger partial charge in [0.25, 0.3) is 0 Å². The van der Waals surface area contributed by atoms with Crippen molar-refractivity contribution in [1.29, 1.82) is 0 Å². The Kier molecular flexibility index (Phi) is 3.44. The highest BCUT2D eigenvalue weighted by atomic mass is 19.1. The molecule has 15 heavy (non-hydrogen) atoms. The maximum Gasteiger partial charge on any atom is 0.339 e. The second-order valence-corrected chi connectivity index (χ2v) is 3.00. The van der Waals surface area contributed by atoms with E-state index >= 15 is 0 Å². The van der Waals surface area contributed by atoms with Crippen LogP contribution in [0, 0.1) is 5.82 Å². The Labute approximate surface area is 86.8 Å². The topological polar surface area (TPSA) is 46.5 Å². The molecule has 1 aromatic carbocycles. The molecular formula is C11H11FO3. The zero-order valence-corrected chi connectivity index (χ0v) is 8.24. The minimum atomic E-state index is -1.22. The van der Waals surface area contributed by atoms with Crippen LogP contribution in [-0.2, 0) is 0 Å². The Morgan fingerprint density at radius 2 is 2.33 bits per heavy atom. The molecule has 0 spiro atoms. The van der Waals surface area contributed by atoms with Crippen molar-refractivity contribution in [3.8, 4) is 5.75 Å². The Hall–Kier alpha value is -1.84. The van der Waals surface area contributed by atoms with Gasteiger partial charge >= 0.3 is 5.97 Å². The molecule has 0 aliphatic carbocycles. The number of benzene rings is 1. The number of halogens is 1. The Morgan fingerprint density at radius 3 is 2.87 bits per heavy atom. The van der Waals surface area contributed by atoms with Crippen molar-refractivity contribution in [2.45, 2.75) is 13.0 Å². The van der Waals surface area contributed by atoms with Gasteiger partial charge in [0, 0.05) is 0 Å². The predicted molar refractivity (Wildman–Crippen MR) is 53.6 cm³/mol. The number of hydrogen-bond donors (Lipinski definition) is 1. The van der Waals surface area contributed by atoms with E-state index in [2.05, 4.69) is 6.58 Å². The first kappa shape index (κ1) is 11.2. The highest BCUT2D eigenvalue weighted by Gasteiger charge is 2.13. The Balaban J connectivity index is 3.05. The van der Waals surface area contributed by atoms with Crippen molar-refractivity contribution >= 4 is 5.97 Å². The van der Waals surface area contributed by atoms with Gasteiger partial charge in [-0.25, -0.2) is 9.18 Å². The van der Waals surface area contributed by atoms with Gasteiger partial charge in [0.2, 0.25) is 0 Å². The Morgan fingerprint density at radius 1 is 1.67 bits per heavy atom. The molecule has 0 amide bonds. The molecule has 0 heterocycles. The minimum absolute atomic E-state index is 0.135. The van der Waals surface area contributed by atoms with Crippen LogP contribution in [0.25, 0.3) is 0 Å². The Bertz CT molecular complexity index is 387. The van der Waals surface area contributed by atoms with Crippen molar-refractivity contribution in [2.24, 2.45) is 0 Å². The highest BCUT2D eigenvalue weighted by Crippen LogP contribution is 2.21. The first-order chi connectivity index (χ1) is 7.04. The number of rotatable bonds is 4. The molecule has 1 atom stereocenters. The molecule has 0 radical (unpaired) electrons. The van der Waals surface area contributed by atoms with E-state index < -0.39 is 11.8 Å². The third-order valence-electron chi connectivity index (χ3n) is 1.82. The summed E-state index contributed by atoms with van der Waals surface area (Å²) in [6, 6.07) is 3.36. The average molecular weight is 210 g/mol. The molecule has 1 rings (SSSR count). The van der Waals surface area contributed by atoms with E-state index in [9.17, 15) is 9.18 Å². The first-order valence-electron chi connectivity index (χ1n) is 4.36. The molecule has 0 aliphatic rings. The summed E-state index contributed by atoms with van der Waals surface area (Å²) in [7, 11) is 0. The van der Waals surface area contributed by atoms with E-state index in [-0.39, 0.29) is 17.4 Å². The predicted octanol–water partition coefficient (Wildman–Crippen LogP) is 2.48.